The molecule has 0 aliphatic heterocycles. The van der Waals surface area contributed by atoms with E-state index in [1.54, 1.807) is 12.1 Å². The summed E-state index contributed by atoms with van der Waals surface area (Å²) in [6.45, 7) is 0. The van der Waals surface area contributed by atoms with E-state index in [0.29, 0.717) is 11.1 Å². The van der Waals surface area contributed by atoms with Crippen LogP contribution in [0.25, 0.3) is 33.4 Å². The standard InChI is InChI=1S/C28H22O4/c1-31-27(29)25-13-7-4-10-22(25)20-17-15-19(16-18-20)21-9-3-5-11-23(21)24-12-6-8-14-26(24)28(30)32-2/h3-18H,1-2H3. The second-order valence-corrected chi connectivity index (χ2v) is 7.20. The lowest BCUT2D eigenvalue weighted by molar-refractivity contribution is 0.0592. The van der Waals surface area contributed by atoms with E-state index < -0.39 is 0 Å². The number of ether oxygens (including phenoxy) is 2. The van der Waals surface area contributed by atoms with Crippen LogP contribution in [0.1, 0.15) is 20.7 Å². The summed E-state index contributed by atoms with van der Waals surface area (Å²) >= 11 is 0. The fourth-order valence-corrected chi connectivity index (χ4v) is 3.83. The smallest absolute Gasteiger partial charge is 0.338 e. The van der Waals surface area contributed by atoms with Crippen molar-refractivity contribution in [1.29, 1.82) is 0 Å². The topological polar surface area (TPSA) is 52.6 Å². The van der Waals surface area contributed by atoms with Crippen LogP contribution in [0.15, 0.2) is 97.1 Å². The predicted octanol–water partition coefficient (Wildman–Crippen LogP) is 6.26. The number of rotatable bonds is 5. The third kappa shape index (κ3) is 4.03. The maximum absolute atomic E-state index is 12.3. The third-order valence-electron chi connectivity index (χ3n) is 5.39. The number of esters is 2. The van der Waals surface area contributed by atoms with Crippen LogP contribution in [0.5, 0.6) is 0 Å². The number of hydrogen-bond acceptors (Lipinski definition) is 4. The van der Waals surface area contributed by atoms with Gasteiger partial charge in [-0.3, -0.25) is 0 Å². The zero-order valence-corrected chi connectivity index (χ0v) is 17.9. The van der Waals surface area contributed by atoms with Crippen molar-refractivity contribution in [1.82, 2.24) is 0 Å². The van der Waals surface area contributed by atoms with Crippen molar-refractivity contribution < 1.29 is 19.1 Å². The van der Waals surface area contributed by atoms with E-state index in [1.807, 2.05) is 84.9 Å². The molecule has 0 aliphatic carbocycles. The molecular formula is C28H22O4. The Balaban J connectivity index is 1.78. The molecule has 4 aromatic carbocycles. The summed E-state index contributed by atoms with van der Waals surface area (Å²) in [5, 5.41) is 0. The van der Waals surface area contributed by atoms with Crippen molar-refractivity contribution >= 4 is 11.9 Å². The van der Waals surface area contributed by atoms with Gasteiger partial charge in [-0.2, -0.15) is 0 Å². The summed E-state index contributed by atoms with van der Waals surface area (Å²) in [4.78, 5) is 24.5. The lowest BCUT2D eigenvalue weighted by Gasteiger charge is -2.14. The highest BCUT2D eigenvalue weighted by molar-refractivity contribution is 6.00. The van der Waals surface area contributed by atoms with Crippen LogP contribution in [0.4, 0.5) is 0 Å². The van der Waals surface area contributed by atoms with Gasteiger partial charge in [0.25, 0.3) is 0 Å². The molecule has 4 nitrogen and oxygen atoms in total. The minimum absolute atomic E-state index is 0.366. The largest absolute Gasteiger partial charge is 0.465 e. The third-order valence-corrected chi connectivity index (χ3v) is 5.39. The van der Waals surface area contributed by atoms with E-state index in [0.717, 1.165) is 33.4 Å². The lowest BCUT2D eigenvalue weighted by atomic mass is 9.90. The Morgan fingerprint density at radius 3 is 1.38 bits per heavy atom. The molecule has 0 N–H and O–H groups in total. The molecule has 4 aromatic rings. The predicted molar refractivity (Wildman–Crippen MR) is 125 cm³/mol. The average Bonchev–Trinajstić information content (AvgIpc) is 2.88. The molecule has 4 heteroatoms. The first kappa shape index (κ1) is 21.1. The van der Waals surface area contributed by atoms with Gasteiger partial charge in [0.05, 0.1) is 25.3 Å². The van der Waals surface area contributed by atoms with Gasteiger partial charge in [-0.25, -0.2) is 9.59 Å². The molecule has 0 unspecified atom stereocenters. The monoisotopic (exact) mass is 422 g/mol. The van der Waals surface area contributed by atoms with Gasteiger partial charge >= 0.3 is 11.9 Å². The van der Waals surface area contributed by atoms with Crippen LogP contribution in [0.3, 0.4) is 0 Å². The lowest BCUT2D eigenvalue weighted by Crippen LogP contribution is -2.03. The number of carbonyl (C=O) groups is 2. The molecule has 0 heterocycles. The zero-order valence-electron chi connectivity index (χ0n) is 17.9. The first-order valence-corrected chi connectivity index (χ1v) is 10.2. The van der Waals surface area contributed by atoms with Gasteiger partial charge in [0.1, 0.15) is 0 Å². The highest BCUT2D eigenvalue weighted by Gasteiger charge is 2.16. The van der Waals surface area contributed by atoms with Crippen LogP contribution < -0.4 is 0 Å². The van der Waals surface area contributed by atoms with Gasteiger partial charge in [-0.1, -0.05) is 84.9 Å². The summed E-state index contributed by atoms with van der Waals surface area (Å²) in [7, 11) is 2.77. The first-order chi connectivity index (χ1) is 15.6. The molecule has 0 aromatic heterocycles. The van der Waals surface area contributed by atoms with Crippen LogP contribution in [-0.2, 0) is 9.47 Å². The molecule has 0 fully saturated rings. The minimum atomic E-state index is -0.370. The number of hydrogen-bond donors (Lipinski definition) is 0. The number of carbonyl (C=O) groups excluding carboxylic acids is 2. The van der Waals surface area contributed by atoms with Crippen LogP contribution in [0, 0.1) is 0 Å². The van der Waals surface area contributed by atoms with Gasteiger partial charge in [0.2, 0.25) is 0 Å². The van der Waals surface area contributed by atoms with E-state index in [9.17, 15) is 9.59 Å². The molecule has 0 saturated carbocycles. The van der Waals surface area contributed by atoms with Crippen molar-refractivity contribution in [2.75, 3.05) is 14.2 Å². The highest BCUT2D eigenvalue weighted by Crippen LogP contribution is 2.35. The summed E-state index contributed by atoms with van der Waals surface area (Å²) in [5.41, 5.74) is 6.53. The van der Waals surface area contributed by atoms with Crippen molar-refractivity contribution in [3.05, 3.63) is 108 Å². The molecule has 0 radical (unpaired) electrons. The molecule has 0 amide bonds. The Kier molecular flexibility index (Phi) is 6.13. The maximum Gasteiger partial charge on any atom is 0.338 e. The quantitative estimate of drug-likeness (QED) is 0.356. The molecule has 0 aliphatic rings. The van der Waals surface area contributed by atoms with Gasteiger partial charge in [0, 0.05) is 0 Å². The Hall–Kier alpha value is -4.18. The summed E-state index contributed by atoms with van der Waals surface area (Å²) < 4.78 is 9.89. The van der Waals surface area contributed by atoms with Crippen LogP contribution >= 0.6 is 0 Å². The number of methoxy groups -OCH3 is 2. The minimum Gasteiger partial charge on any atom is -0.465 e. The average molecular weight is 422 g/mol. The highest BCUT2D eigenvalue weighted by atomic mass is 16.5. The van der Waals surface area contributed by atoms with Crippen molar-refractivity contribution in [3.63, 3.8) is 0 Å². The van der Waals surface area contributed by atoms with E-state index in [2.05, 4.69) is 0 Å². The van der Waals surface area contributed by atoms with Gasteiger partial charge < -0.3 is 9.47 Å². The van der Waals surface area contributed by atoms with Crippen LogP contribution in [-0.4, -0.2) is 26.2 Å². The molecule has 158 valence electrons. The maximum atomic E-state index is 12.3. The first-order valence-electron chi connectivity index (χ1n) is 10.2. The van der Waals surface area contributed by atoms with Crippen molar-refractivity contribution in [3.8, 4) is 33.4 Å². The summed E-state index contributed by atoms with van der Waals surface area (Å²) in [5.74, 6) is -0.736. The van der Waals surface area contributed by atoms with Crippen LogP contribution in [0.2, 0.25) is 0 Å². The molecule has 4 rings (SSSR count). The molecular weight excluding hydrogens is 400 g/mol. The zero-order chi connectivity index (χ0) is 22.5. The Bertz CT molecular complexity index is 1270. The fraction of sp³-hybridized carbons (Fsp3) is 0.0714. The normalized spacial score (nSPS) is 10.4. The Labute approximate surface area is 187 Å². The van der Waals surface area contributed by atoms with E-state index in [4.69, 9.17) is 9.47 Å². The van der Waals surface area contributed by atoms with Crippen molar-refractivity contribution in [2.45, 2.75) is 0 Å². The number of benzene rings is 4. The van der Waals surface area contributed by atoms with Gasteiger partial charge in [-0.15, -0.1) is 0 Å². The molecule has 0 saturated heterocycles. The summed E-state index contributed by atoms with van der Waals surface area (Å²) in [6.07, 6.45) is 0. The molecule has 0 atom stereocenters. The SMILES string of the molecule is COC(=O)c1ccccc1-c1ccc(-c2ccccc2-c2ccccc2C(=O)OC)cc1. The second kappa shape index (κ2) is 9.31. The van der Waals surface area contributed by atoms with Gasteiger partial charge in [-0.05, 0) is 45.5 Å². The molecule has 32 heavy (non-hydrogen) atoms. The molecule has 0 spiro atoms. The Morgan fingerprint density at radius 2 is 0.844 bits per heavy atom. The van der Waals surface area contributed by atoms with Crippen molar-refractivity contribution in [2.24, 2.45) is 0 Å². The summed E-state index contributed by atoms with van der Waals surface area (Å²) in [6, 6.07) is 30.8. The fourth-order valence-electron chi connectivity index (χ4n) is 3.83. The van der Waals surface area contributed by atoms with E-state index in [1.165, 1.54) is 14.2 Å². The van der Waals surface area contributed by atoms with E-state index in [-0.39, 0.29) is 11.9 Å². The second-order valence-electron chi connectivity index (χ2n) is 7.20. The van der Waals surface area contributed by atoms with Gasteiger partial charge in [0.15, 0.2) is 0 Å². The van der Waals surface area contributed by atoms with E-state index >= 15 is 0 Å². The Morgan fingerprint density at radius 1 is 0.469 bits per heavy atom. The molecule has 0 bridgehead atoms.